The maximum Gasteiger partial charge on any atom is 0.298 e. The van der Waals surface area contributed by atoms with Crippen molar-refractivity contribution >= 4 is 63.1 Å². The lowest BCUT2D eigenvalue weighted by Gasteiger charge is -2.39. The van der Waals surface area contributed by atoms with Crippen LogP contribution in [0.3, 0.4) is 0 Å². The van der Waals surface area contributed by atoms with E-state index in [1.54, 1.807) is 42.5 Å². The van der Waals surface area contributed by atoms with E-state index in [0.29, 0.717) is 33.2 Å². The molecular formula is C28H21Cl2N3O4. The SMILES string of the molecule is Cc1ccc2cccc(OCc3c(Cl)ccc(N(C)C(=O)[C@@H]4C(=O)C(=O)N4c4ccccc4)c3Cl)c2n1. The molecule has 9 heteroatoms. The van der Waals surface area contributed by atoms with Crippen LogP contribution in [0.15, 0.2) is 72.8 Å². The summed E-state index contributed by atoms with van der Waals surface area (Å²) >= 11 is 13.2. The Kier molecular flexibility index (Phi) is 6.58. The first-order valence-corrected chi connectivity index (χ1v) is 12.2. The van der Waals surface area contributed by atoms with E-state index in [2.05, 4.69) is 4.98 Å². The molecule has 0 radical (unpaired) electrons. The maximum absolute atomic E-state index is 13.4. The van der Waals surface area contributed by atoms with Crippen LogP contribution in [0, 0.1) is 6.92 Å². The predicted molar refractivity (Wildman–Crippen MR) is 143 cm³/mol. The number of ether oxygens (including phenoxy) is 1. The number of aromatic nitrogens is 1. The Hall–Kier alpha value is -3.94. The Balaban J connectivity index is 1.41. The third kappa shape index (κ3) is 4.41. The number of benzene rings is 3. The first kappa shape index (κ1) is 24.7. The van der Waals surface area contributed by atoms with Crippen molar-refractivity contribution in [1.29, 1.82) is 0 Å². The molecule has 0 aliphatic carbocycles. The molecule has 186 valence electrons. The number of Topliss-reactive ketones (excluding diaryl/α,β-unsaturated/α-hetero) is 1. The van der Waals surface area contributed by atoms with Gasteiger partial charge in [-0.25, -0.2) is 4.98 Å². The van der Waals surface area contributed by atoms with Crippen LogP contribution in [-0.2, 0) is 21.0 Å². The van der Waals surface area contributed by atoms with Gasteiger partial charge in [0.25, 0.3) is 17.6 Å². The highest BCUT2D eigenvalue weighted by molar-refractivity contribution is 6.57. The van der Waals surface area contributed by atoms with Crippen LogP contribution in [0.4, 0.5) is 11.4 Å². The van der Waals surface area contributed by atoms with Crippen molar-refractivity contribution in [1.82, 2.24) is 4.98 Å². The van der Waals surface area contributed by atoms with Crippen LogP contribution >= 0.6 is 23.2 Å². The predicted octanol–water partition coefficient (Wildman–Crippen LogP) is 5.38. The van der Waals surface area contributed by atoms with Crippen molar-refractivity contribution in [2.45, 2.75) is 19.6 Å². The largest absolute Gasteiger partial charge is 0.487 e. The molecular weight excluding hydrogens is 513 g/mol. The first-order chi connectivity index (χ1) is 17.8. The molecule has 1 atom stereocenters. The van der Waals surface area contributed by atoms with Crippen molar-refractivity contribution in [2.24, 2.45) is 0 Å². The molecule has 2 heterocycles. The second-order valence-corrected chi connectivity index (χ2v) is 9.39. The molecule has 0 bridgehead atoms. The van der Waals surface area contributed by atoms with E-state index in [4.69, 9.17) is 27.9 Å². The monoisotopic (exact) mass is 533 g/mol. The van der Waals surface area contributed by atoms with E-state index in [9.17, 15) is 14.4 Å². The minimum absolute atomic E-state index is 0.0270. The summed E-state index contributed by atoms with van der Waals surface area (Å²) in [6.07, 6.45) is 0. The van der Waals surface area contributed by atoms with Crippen LogP contribution in [0.5, 0.6) is 5.75 Å². The molecule has 4 aromatic rings. The molecule has 1 aliphatic heterocycles. The van der Waals surface area contributed by atoms with Crippen LogP contribution in [0.1, 0.15) is 11.3 Å². The van der Waals surface area contributed by atoms with Gasteiger partial charge in [-0.2, -0.15) is 0 Å². The number of carbonyl (C=O) groups excluding carboxylic acids is 3. The molecule has 0 N–H and O–H groups in total. The Morgan fingerprint density at radius 1 is 1.00 bits per heavy atom. The molecule has 37 heavy (non-hydrogen) atoms. The zero-order valence-corrected chi connectivity index (χ0v) is 21.5. The van der Waals surface area contributed by atoms with E-state index in [1.807, 2.05) is 37.3 Å². The van der Waals surface area contributed by atoms with Gasteiger partial charge in [0, 0.05) is 34.4 Å². The van der Waals surface area contributed by atoms with Gasteiger partial charge >= 0.3 is 0 Å². The van der Waals surface area contributed by atoms with Crippen LogP contribution in [0.25, 0.3) is 10.9 Å². The average Bonchev–Trinajstić information content (AvgIpc) is 2.91. The van der Waals surface area contributed by atoms with Crippen molar-refractivity contribution < 1.29 is 19.1 Å². The maximum atomic E-state index is 13.4. The van der Waals surface area contributed by atoms with Gasteiger partial charge in [0.05, 0.1) is 10.7 Å². The molecule has 0 unspecified atom stereocenters. The van der Waals surface area contributed by atoms with Crippen molar-refractivity contribution in [3.63, 3.8) is 0 Å². The number of ketones is 1. The minimum atomic E-state index is -1.27. The second kappa shape index (κ2) is 9.84. The summed E-state index contributed by atoms with van der Waals surface area (Å²) in [4.78, 5) is 45.0. The summed E-state index contributed by atoms with van der Waals surface area (Å²) < 4.78 is 6.06. The van der Waals surface area contributed by atoms with E-state index in [0.717, 1.165) is 11.1 Å². The summed E-state index contributed by atoms with van der Waals surface area (Å²) in [5.41, 5.74) is 2.85. The van der Waals surface area contributed by atoms with Crippen molar-refractivity contribution in [3.05, 3.63) is 94.1 Å². The normalized spacial score (nSPS) is 15.0. The number of nitrogens with zero attached hydrogens (tertiary/aromatic N) is 3. The number of hydrogen-bond acceptors (Lipinski definition) is 5. The molecule has 7 nitrogen and oxygen atoms in total. The number of fused-ring (bicyclic) bond motifs is 1. The number of halogens is 2. The fourth-order valence-corrected chi connectivity index (χ4v) is 4.85. The molecule has 1 aromatic heterocycles. The lowest BCUT2D eigenvalue weighted by molar-refractivity contribution is -0.146. The Bertz CT molecular complexity index is 1560. The van der Waals surface area contributed by atoms with Gasteiger partial charge in [-0.1, -0.05) is 59.6 Å². The number of hydrogen-bond donors (Lipinski definition) is 0. The van der Waals surface area contributed by atoms with Crippen LogP contribution in [-0.4, -0.2) is 35.7 Å². The topological polar surface area (TPSA) is 79.8 Å². The Morgan fingerprint density at radius 3 is 2.51 bits per heavy atom. The summed E-state index contributed by atoms with van der Waals surface area (Å²) in [6.45, 7) is 1.93. The number of anilines is 2. The number of carbonyl (C=O) groups is 3. The Labute approximate surface area is 223 Å². The summed E-state index contributed by atoms with van der Waals surface area (Å²) in [6, 6.07) is 20.0. The quantitative estimate of drug-likeness (QED) is 0.189. The van der Waals surface area contributed by atoms with Gasteiger partial charge in [0.15, 0.2) is 6.04 Å². The molecule has 2 amide bonds. The van der Waals surface area contributed by atoms with Crippen molar-refractivity contribution in [3.8, 4) is 5.75 Å². The second-order valence-electron chi connectivity index (χ2n) is 8.60. The highest BCUT2D eigenvalue weighted by Crippen LogP contribution is 2.36. The zero-order chi connectivity index (χ0) is 26.3. The highest BCUT2D eigenvalue weighted by atomic mass is 35.5. The number of rotatable bonds is 6. The zero-order valence-electron chi connectivity index (χ0n) is 19.9. The molecule has 1 fully saturated rings. The summed E-state index contributed by atoms with van der Waals surface area (Å²) in [5.74, 6) is -1.51. The molecule has 0 saturated carbocycles. The van der Waals surface area contributed by atoms with Gasteiger partial charge in [-0.3, -0.25) is 19.3 Å². The molecule has 3 aromatic carbocycles. The van der Waals surface area contributed by atoms with E-state index >= 15 is 0 Å². The fourth-order valence-electron chi connectivity index (χ4n) is 4.24. The highest BCUT2D eigenvalue weighted by Gasteiger charge is 2.52. The number of β-lactam (4-membered cyclic amide) rings is 1. The average molecular weight is 534 g/mol. The number of amides is 2. The summed E-state index contributed by atoms with van der Waals surface area (Å²) in [7, 11) is 1.50. The number of para-hydroxylation sites is 2. The van der Waals surface area contributed by atoms with E-state index in [1.165, 1.54) is 16.8 Å². The molecule has 1 saturated heterocycles. The third-order valence-corrected chi connectivity index (χ3v) is 7.03. The number of likely N-dealkylation sites (N-methyl/N-ethyl adjacent to an activating group) is 1. The van der Waals surface area contributed by atoms with Gasteiger partial charge in [0.2, 0.25) is 0 Å². The standard InChI is InChI=1S/C28H21Cl2N3O4/c1-16-11-12-17-7-6-10-22(24(17)31-16)37-15-19-20(29)13-14-21(23(19)30)32(2)27(35)25-26(34)28(36)33(25)18-8-4-3-5-9-18/h3-14,25H,15H2,1-2H3/t25-/m0/s1. The minimum Gasteiger partial charge on any atom is -0.487 e. The third-order valence-electron chi connectivity index (χ3n) is 6.26. The van der Waals surface area contributed by atoms with Gasteiger partial charge in [0.1, 0.15) is 17.9 Å². The van der Waals surface area contributed by atoms with E-state index < -0.39 is 23.6 Å². The van der Waals surface area contributed by atoms with Gasteiger partial charge < -0.3 is 9.64 Å². The number of pyridine rings is 1. The lowest BCUT2D eigenvalue weighted by atomic mass is 9.97. The number of aryl methyl sites for hydroxylation is 1. The fraction of sp³-hybridized carbons (Fsp3) is 0.143. The molecule has 5 rings (SSSR count). The smallest absolute Gasteiger partial charge is 0.298 e. The lowest BCUT2D eigenvalue weighted by Crippen LogP contribution is -2.68. The van der Waals surface area contributed by atoms with Crippen LogP contribution in [0.2, 0.25) is 10.0 Å². The molecule has 1 aliphatic rings. The van der Waals surface area contributed by atoms with E-state index in [-0.39, 0.29) is 11.6 Å². The molecule has 0 spiro atoms. The van der Waals surface area contributed by atoms with Gasteiger partial charge in [-0.15, -0.1) is 0 Å². The van der Waals surface area contributed by atoms with Gasteiger partial charge in [-0.05, 0) is 43.3 Å². The van der Waals surface area contributed by atoms with Crippen LogP contribution < -0.4 is 14.5 Å². The summed E-state index contributed by atoms with van der Waals surface area (Å²) in [5, 5.41) is 1.50. The first-order valence-electron chi connectivity index (χ1n) is 11.4. The van der Waals surface area contributed by atoms with Crippen molar-refractivity contribution in [2.75, 3.05) is 16.8 Å². The Morgan fingerprint density at radius 2 is 1.76 bits per heavy atom.